The molecule has 0 fully saturated rings. The summed E-state index contributed by atoms with van der Waals surface area (Å²) in [5.74, 6) is -3.16. The van der Waals surface area contributed by atoms with Crippen LogP contribution in [0.3, 0.4) is 0 Å². The van der Waals surface area contributed by atoms with Crippen molar-refractivity contribution in [2.75, 3.05) is 4.72 Å². The molecule has 20 heavy (non-hydrogen) atoms. The van der Waals surface area contributed by atoms with Crippen LogP contribution in [0.4, 0.5) is 18.9 Å². The van der Waals surface area contributed by atoms with Crippen LogP contribution in [0.25, 0.3) is 0 Å². The molecule has 0 saturated heterocycles. The van der Waals surface area contributed by atoms with Gasteiger partial charge in [-0.2, -0.15) is 0 Å². The zero-order chi connectivity index (χ0) is 14.9. The maximum atomic E-state index is 13.6. The minimum absolute atomic E-state index is 0.501. The highest BCUT2D eigenvalue weighted by Crippen LogP contribution is 2.24. The number of anilines is 1. The van der Waals surface area contributed by atoms with Gasteiger partial charge in [0.15, 0.2) is 0 Å². The fourth-order valence-corrected chi connectivity index (χ4v) is 2.84. The van der Waals surface area contributed by atoms with Crippen molar-refractivity contribution in [3.8, 4) is 0 Å². The zero-order valence-electron chi connectivity index (χ0n) is 10.3. The van der Waals surface area contributed by atoms with Crippen LogP contribution < -0.4 is 4.72 Å². The summed E-state index contributed by atoms with van der Waals surface area (Å²) in [4.78, 5) is -0.667. The van der Waals surface area contributed by atoms with E-state index >= 15 is 0 Å². The normalized spacial score (nSPS) is 11.4. The Labute approximate surface area is 114 Å². The number of rotatable bonds is 3. The smallest absolute Gasteiger partial charge is 0.265 e. The second-order valence-corrected chi connectivity index (χ2v) is 5.79. The molecule has 0 heterocycles. The van der Waals surface area contributed by atoms with Gasteiger partial charge in [0, 0.05) is 0 Å². The standard InChI is InChI=1S/C13H10F3NO2S/c1-8-5-6-9(14)12(7-8)20(18,19)17-13-10(15)3-2-4-11(13)16/h2-7,17H,1H3. The van der Waals surface area contributed by atoms with Gasteiger partial charge in [-0.3, -0.25) is 4.72 Å². The summed E-state index contributed by atoms with van der Waals surface area (Å²) in [5.41, 5.74) is -0.339. The summed E-state index contributed by atoms with van der Waals surface area (Å²) in [5, 5.41) is 0. The molecule has 0 amide bonds. The predicted molar refractivity (Wildman–Crippen MR) is 68.3 cm³/mol. The third kappa shape index (κ3) is 2.77. The lowest BCUT2D eigenvalue weighted by Gasteiger charge is -2.11. The molecule has 2 rings (SSSR count). The first kappa shape index (κ1) is 14.4. The highest BCUT2D eigenvalue weighted by atomic mass is 32.2. The molecular weight excluding hydrogens is 291 g/mol. The summed E-state index contributed by atoms with van der Waals surface area (Å²) in [6.07, 6.45) is 0. The predicted octanol–water partition coefficient (Wildman–Crippen LogP) is 3.21. The molecule has 0 spiro atoms. The Morgan fingerprint density at radius 3 is 2.15 bits per heavy atom. The van der Waals surface area contributed by atoms with Gasteiger partial charge in [0.1, 0.15) is 28.0 Å². The Balaban J connectivity index is 2.49. The van der Waals surface area contributed by atoms with Gasteiger partial charge in [0.25, 0.3) is 10.0 Å². The van der Waals surface area contributed by atoms with E-state index in [1.807, 2.05) is 0 Å². The average molecular weight is 301 g/mol. The minimum atomic E-state index is -4.42. The van der Waals surface area contributed by atoms with Crippen LogP contribution in [0, 0.1) is 24.4 Å². The van der Waals surface area contributed by atoms with Crippen molar-refractivity contribution in [1.82, 2.24) is 0 Å². The van der Waals surface area contributed by atoms with E-state index in [4.69, 9.17) is 0 Å². The van der Waals surface area contributed by atoms with Crippen molar-refractivity contribution in [3.63, 3.8) is 0 Å². The number of aryl methyl sites for hydroxylation is 1. The Bertz CT molecular complexity index is 740. The number of sulfonamides is 1. The van der Waals surface area contributed by atoms with Crippen LogP contribution in [-0.2, 0) is 10.0 Å². The summed E-state index contributed by atoms with van der Waals surface area (Å²) < 4.78 is 66.1. The van der Waals surface area contributed by atoms with Gasteiger partial charge in [-0.05, 0) is 36.8 Å². The minimum Gasteiger partial charge on any atom is -0.274 e. The quantitative estimate of drug-likeness (QED) is 0.946. The zero-order valence-corrected chi connectivity index (χ0v) is 11.1. The topological polar surface area (TPSA) is 46.2 Å². The van der Waals surface area contributed by atoms with Crippen LogP contribution >= 0.6 is 0 Å². The van der Waals surface area contributed by atoms with Crippen molar-refractivity contribution in [3.05, 3.63) is 59.4 Å². The number of hydrogen-bond donors (Lipinski definition) is 1. The molecule has 0 aromatic heterocycles. The van der Waals surface area contributed by atoms with Crippen molar-refractivity contribution >= 4 is 15.7 Å². The third-order valence-corrected chi connectivity index (χ3v) is 3.94. The van der Waals surface area contributed by atoms with E-state index in [9.17, 15) is 21.6 Å². The molecule has 0 aliphatic rings. The van der Waals surface area contributed by atoms with E-state index in [0.717, 1.165) is 30.3 Å². The van der Waals surface area contributed by atoms with Crippen LogP contribution in [0.5, 0.6) is 0 Å². The second-order valence-electron chi connectivity index (χ2n) is 4.14. The fourth-order valence-electron chi connectivity index (χ4n) is 1.60. The third-order valence-electron chi connectivity index (χ3n) is 2.58. The molecule has 2 aromatic rings. The second kappa shape index (κ2) is 5.16. The summed E-state index contributed by atoms with van der Waals surface area (Å²) in [6, 6.07) is 6.33. The van der Waals surface area contributed by atoms with E-state index in [1.165, 1.54) is 6.07 Å². The Hall–Kier alpha value is -2.02. The van der Waals surface area contributed by atoms with Gasteiger partial charge in [-0.25, -0.2) is 21.6 Å². The molecule has 0 aliphatic carbocycles. The molecule has 0 saturated carbocycles. The lowest BCUT2D eigenvalue weighted by molar-refractivity contribution is 0.565. The van der Waals surface area contributed by atoms with Gasteiger partial charge in [-0.15, -0.1) is 0 Å². The van der Waals surface area contributed by atoms with Crippen LogP contribution in [0.1, 0.15) is 5.56 Å². The van der Waals surface area contributed by atoms with Crippen LogP contribution in [0.2, 0.25) is 0 Å². The first-order valence-corrected chi connectivity index (χ1v) is 7.02. The number of hydrogen-bond acceptors (Lipinski definition) is 2. The molecular formula is C13H10F3NO2S. The monoisotopic (exact) mass is 301 g/mol. The van der Waals surface area contributed by atoms with E-state index < -0.39 is 38.1 Å². The van der Waals surface area contributed by atoms with Crippen LogP contribution in [-0.4, -0.2) is 8.42 Å². The summed E-state index contributed by atoms with van der Waals surface area (Å²) in [7, 11) is -4.42. The van der Waals surface area contributed by atoms with Crippen molar-refractivity contribution in [2.24, 2.45) is 0 Å². The maximum absolute atomic E-state index is 13.6. The highest BCUT2D eigenvalue weighted by molar-refractivity contribution is 7.92. The molecule has 2 aromatic carbocycles. The maximum Gasteiger partial charge on any atom is 0.265 e. The van der Waals surface area contributed by atoms with E-state index in [1.54, 1.807) is 11.6 Å². The molecule has 0 atom stereocenters. The Morgan fingerprint density at radius 2 is 1.55 bits per heavy atom. The molecule has 1 N–H and O–H groups in total. The molecule has 0 aliphatic heterocycles. The van der Waals surface area contributed by atoms with Gasteiger partial charge in [0.2, 0.25) is 0 Å². The fraction of sp³-hybridized carbons (Fsp3) is 0.0769. The molecule has 0 bridgehead atoms. The lowest BCUT2D eigenvalue weighted by Crippen LogP contribution is -2.16. The first-order valence-electron chi connectivity index (χ1n) is 5.54. The van der Waals surface area contributed by atoms with Gasteiger partial charge in [-0.1, -0.05) is 12.1 Å². The number of nitrogens with one attached hydrogen (secondary N) is 1. The SMILES string of the molecule is Cc1ccc(F)c(S(=O)(=O)Nc2c(F)cccc2F)c1. The van der Waals surface area contributed by atoms with E-state index in [2.05, 4.69) is 0 Å². The molecule has 106 valence electrons. The number of para-hydroxylation sites is 1. The molecule has 0 radical (unpaired) electrons. The number of benzene rings is 2. The van der Waals surface area contributed by atoms with E-state index in [0.29, 0.717) is 5.56 Å². The molecule has 3 nitrogen and oxygen atoms in total. The van der Waals surface area contributed by atoms with E-state index in [-0.39, 0.29) is 0 Å². The van der Waals surface area contributed by atoms with Crippen molar-refractivity contribution in [2.45, 2.75) is 11.8 Å². The van der Waals surface area contributed by atoms with Gasteiger partial charge < -0.3 is 0 Å². The molecule has 7 heteroatoms. The first-order chi connectivity index (χ1) is 9.31. The lowest BCUT2D eigenvalue weighted by atomic mass is 10.2. The van der Waals surface area contributed by atoms with Gasteiger partial charge >= 0.3 is 0 Å². The number of halogens is 3. The Kier molecular flexibility index (Phi) is 3.71. The summed E-state index contributed by atoms with van der Waals surface area (Å²) >= 11 is 0. The van der Waals surface area contributed by atoms with Crippen molar-refractivity contribution in [1.29, 1.82) is 0 Å². The molecule has 0 unspecified atom stereocenters. The average Bonchev–Trinajstić information content (AvgIpc) is 2.37. The largest absolute Gasteiger partial charge is 0.274 e. The van der Waals surface area contributed by atoms with Crippen LogP contribution in [0.15, 0.2) is 41.3 Å². The van der Waals surface area contributed by atoms with Gasteiger partial charge in [0.05, 0.1) is 0 Å². The Morgan fingerprint density at radius 1 is 0.950 bits per heavy atom. The highest BCUT2D eigenvalue weighted by Gasteiger charge is 2.22. The van der Waals surface area contributed by atoms with Crippen molar-refractivity contribution < 1.29 is 21.6 Å². The summed E-state index contributed by atoms with van der Waals surface area (Å²) in [6.45, 7) is 1.57.